The van der Waals surface area contributed by atoms with Gasteiger partial charge in [-0.05, 0) is 37.5 Å². The van der Waals surface area contributed by atoms with Gasteiger partial charge in [0, 0.05) is 19.1 Å². The van der Waals surface area contributed by atoms with E-state index >= 15 is 0 Å². The summed E-state index contributed by atoms with van der Waals surface area (Å²) in [6.45, 7) is 5.23. The number of fused-ring (bicyclic) bond motifs is 1. The molecule has 0 bridgehead atoms. The predicted molar refractivity (Wildman–Crippen MR) is 112 cm³/mol. The molecule has 0 spiro atoms. The molecule has 1 aliphatic rings. The lowest BCUT2D eigenvalue weighted by molar-refractivity contribution is -0.135. The number of benzene rings is 1. The van der Waals surface area contributed by atoms with Crippen molar-refractivity contribution in [1.82, 2.24) is 20.2 Å². The van der Waals surface area contributed by atoms with E-state index in [-0.39, 0.29) is 30.4 Å². The number of piperidine rings is 1. The Morgan fingerprint density at radius 1 is 1.34 bits per heavy atom. The number of nitrogens with one attached hydrogen (secondary N) is 2. The monoisotopic (exact) mass is 412 g/mol. The third-order valence-corrected chi connectivity index (χ3v) is 6.12. The zero-order chi connectivity index (χ0) is 20.4. The number of likely N-dealkylation sites (tertiary alicyclic amines) is 1. The Bertz CT molecular complexity index is 982. The van der Waals surface area contributed by atoms with Crippen molar-refractivity contribution in [3.63, 3.8) is 0 Å². The molecule has 1 aliphatic heterocycles. The number of para-hydroxylation sites is 1. The molecule has 1 fully saturated rings. The second-order valence-corrected chi connectivity index (χ2v) is 8.62. The number of aromatic nitrogens is 2. The smallest absolute Gasteiger partial charge is 0.268 e. The largest absolute Gasteiger partial charge is 0.484 e. The number of hydrogen-bond donors (Lipinski definition) is 2. The van der Waals surface area contributed by atoms with E-state index in [0.717, 1.165) is 21.8 Å². The molecular weight excluding hydrogens is 388 g/mol. The van der Waals surface area contributed by atoms with Crippen LogP contribution in [0.5, 0.6) is 5.75 Å². The van der Waals surface area contributed by atoms with Gasteiger partial charge < -0.3 is 19.9 Å². The fraction of sp³-hybridized carbons (Fsp3) is 0.381. The maximum absolute atomic E-state index is 12.6. The molecule has 2 unspecified atom stereocenters. The third-order valence-electron chi connectivity index (χ3n) is 5.21. The van der Waals surface area contributed by atoms with Crippen LogP contribution < -0.4 is 10.1 Å². The van der Waals surface area contributed by atoms with Gasteiger partial charge in [0.05, 0.1) is 5.01 Å². The van der Waals surface area contributed by atoms with Crippen molar-refractivity contribution < 1.29 is 14.3 Å². The van der Waals surface area contributed by atoms with Gasteiger partial charge in [0.25, 0.3) is 11.8 Å². The fourth-order valence-corrected chi connectivity index (χ4v) is 4.44. The van der Waals surface area contributed by atoms with Gasteiger partial charge in [-0.3, -0.25) is 9.59 Å². The highest BCUT2D eigenvalue weighted by Crippen LogP contribution is 2.23. The summed E-state index contributed by atoms with van der Waals surface area (Å²) in [5.41, 5.74) is 1.35. The van der Waals surface area contributed by atoms with Crippen LogP contribution in [0.4, 0.5) is 0 Å². The van der Waals surface area contributed by atoms with Crippen LogP contribution in [-0.4, -0.2) is 52.4 Å². The second kappa shape index (κ2) is 8.24. The molecular formula is C21H24N4O3S. The lowest BCUT2D eigenvalue weighted by atomic mass is 9.93. The molecule has 4 rings (SSSR count). The van der Waals surface area contributed by atoms with Crippen LogP contribution in [0.2, 0.25) is 0 Å². The van der Waals surface area contributed by atoms with E-state index in [1.807, 2.05) is 42.2 Å². The minimum Gasteiger partial charge on any atom is -0.484 e. The SMILES string of the molecule is Cc1nc2cc(C(=O)NC3CCN(C(=O)COc4ccccc4)CC3C)[nH]c2s1. The summed E-state index contributed by atoms with van der Waals surface area (Å²) < 4.78 is 5.56. The number of ether oxygens (including phenoxy) is 1. The van der Waals surface area contributed by atoms with E-state index in [4.69, 9.17) is 4.74 Å². The molecule has 29 heavy (non-hydrogen) atoms. The van der Waals surface area contributed by atoms with Gasteiger partial charge in [-0.1, -0.05) is 25.1 Å². The van der Waals surface area contributed by atoms with Crippen molar-refractivity contribution in [1.29, 1.82) is 0 Å². The zero-order valence-electron chi connectivity index (χ0n) is 16.5. The molecule has 0 saturated carbocycles. The lowest BCUT2D eigenvalue weighted by Gasteiger charge is -2.37. The molecule has 0 aliphatic carbocycles. The molecule has 2 N–H and O–H groups in total. The zero-order valence-corrected chi connectivity index (χ0v) is 17.3. The Balaban J connectivity index is 1.29. The number of aromatic amines is 1. The summed E-state index contributed by atoms with van der Waals surface area (Å²) in [6, 6.07) is 11.1. The quantitative estimate of drug-likeness (QED) is 0.674. The first-order valence-electron chi connectivity index (χ1n) is 9.72. The summed E-state index contributed by atoms with van der Waals surface area (Å²) in [7, 11) is 0. The van der Waals surface area contributed by atoms with Crippen LogP contribution in [0, 0.1) is 12.8 Å². The number of carbonyl (C=O) groups excluding carboxylic acids is 2. The van der Waals surface area contributed by atoms with Crippen molar-refractivity contribution in [2.45, 2.75) is 26.3 Å². The van der Waals surface area contributed by atoms with Gasteiger partial charge in [0.2, 0.25) is 0 Å². The van der Waals surface area contributed by atoms with Crippen LogP contribution in [0.3, 0.4) is 0 Å². The first-order valence-corrected chi connectivity index (χ1v) is 10.5. The maximum Gasteiger partial charge on any atom is 0.268 e. The van der Waals surface area contributed by atoms with E-state index in [1.54, 1.807) is 17.4 Å². The van der Waals surface area contributed by atoms with Crippen LogP contribution in [-0.2, 0) is 4.79 Å². The van der Waals surface area contributed by atoms with E-state index in [9.17, 15) is 9.59 Å². The van der Waals surface area contributed by atoms with Crippen LogP contribution in [0.15, 0.2) is 36.4 Å². The summed E-state index contributed by atoms with van der Waals surface area (Å²) in [6.07, 6.45) is 0.719. The molecule has 3 heterocycles. The number of H-pyrrole nitrogens is 1. The fourth-order valence-electron chi connectivity index (χ4n) is 3.63. The summed E-state index contributed by atoms with van der Waals surface area (Å²) >= 11 is 1.54. The molecule has 7 nitrogen and oxygen atoms in total. The molecule has 8 heteroatoms. The van der Waals surface area contributed by atoms with Crippen LogP contribution in [0.25, 0.3) is 10.3 Å². The van der Waals surface area contributed by atoms with Crippen molar-refractivity contribution in [3.05, 3.63) is 47.1 Å². The number of aryl methyl sites for hydroxylation is 1. The van der Waals surface area contributed by atoms with Gasteiger partial charge in [-0.15, -0.1) is 11.3 Å². The molecule has 1 saturated heterocycles. The molecule has 1 aromatic carbocycles. The minimum atomic E-state index is -0.128. The molecule has 152 valence electrons. The molecule has 2 amide bonds. The normalized spacial score (nSPS) is 19.3. The van der Waals surface area contributed by atoms with Crippen LogP contribution in [0.1, 0.15) is 28.8 Å². The van der Waals surface area contributed by atoms with Crippen molar-refractivity contribution in [2.75, 3.05) is 19.7 Å². The minimum absolute atomic E-state index is 0.0256. The van der Waals surface area contributed by atoms with Crippen LogP contribution >= 0.6 is 11.3 Å². The number of amides is 2. The standard InChI is InChI=1S/C21H24N4O3S/c1-13-11-25(19(26)12-28-15-6-4-3-5-7-15)9-8-16(13)23-20(27)17-10-18-21(24-17)29-14(2)22-18/h3-7,10,13,16,24H,8-9,11-12H2,1-2H3,(H,23,27). The van der Waals surface area contributed by atoms with Crippen molar-refractivity contribution >= 4 is 33.5 Å². The average molecular weight is 413 g/mol. The molecule has 3 aromatic rings. The first kappa shape index (κ1) is 19.4. The van der Waals surface area contributed by atoms with E-state index in [2.05, 4.69) is 22.2 Å². The van der Waals surface area contributed by atoms with E-state index in [1.165, 1.54) is 0 Å². The Morgan fingerprint density at radius 3 is 2.86 bits per heavy atom. The number of rotatable bonds is 5. The molecule has 2 atom stereocenters. The Labute approximate surface area is 173 Å². The topological polar surface area (TPSA) is 87.3 Å². The predicted octanol–water partition coefficient (Wildman–Crippen LogP) is 2.98. The van der Waals surface area contributed by atoms with Gasteiger partial charge in [0.1, 0.15) is 21.8 Å². The number of hydrogen-bond acceptors (Lipinski definition) is 5. The third kappa shape index (κ3) is 4.42. The van der Waals surface area contributed by atoms with E-state index in [0.29, 0.717) is 24.5 Å². The average Bonchev–Trinajstić information content (AvgIpc) is 3.26. The summed E-state index contributed by atoms with van der Waals surface area (Å²) in [5, 5.41) is 4.08. The van der Waals surface area contributed by atoms with Gasteiger partial charge >= 0.3 is 0 Å². The molecule has 0 radical (unpaired) electrons. The summed E-state index contributed by atoms with van der Waals surface area (Å²) in [4.78, 5) is 35.4. The summed E-state index contributed by atoms with van der Waals surface area (Å²) in [5.74, 6) is 0.685. The van der Waals surface area contributed by atoms with E-state index < -0.39 is 0 Å². The highest BCUT2D eigenvalue weighted by atomic mass is 32.1. The molecule has 2 aromatic heterocycles. The second-order valence-electron chi connectivity index (χ2n) is 7.42. The number of thiazole rings is 1. The number of nitrogens with zero attached hydrogens (tertiary/aromatic N) is 2. The van der Waals surface area contributed by atoms with Gasteiger partial charge in [-0.2, -0.15) is 0 Å². The lowest BCUT2D eigenvalue weighted by Crippen LogP contribution is -2.52. The Morgan fingerprint density at radius 2 is 2.14 bits per heavy atom. The maximum atomic E-state index is 12.6. The Hall–Kier alpha value is -2.87. The van der Waals surface area contributed by atoms with Gasteiger partial charge in [0.15, 0.2) is 6.61 Å². The highest BCUT2D eigenvalue weighted by Gasteiger charge is 2.30. The Kier molecular flexibility index (Phi) is 5.53. The van der Waals surface area contributed by atoms with Gasteiger partial charge in [-0.25, -0.2) is 4.98 Å². The number of carbonyl (C=O) groups is 2. The van der Waals surface area contributed by atoms with Crippen molar-refractivity contribution in [3.8, 4) is 5.75 Å². The van der Waals surface area contributed by atoms with Crippen molar-refractivity contribution in [2.24, 2.45) is 5.92 Å². The highest BCUT2D eigenvalue weighted by molar-refractivity contribution is 7.18. The first-order chi connectivity index (χ1) is 14.0.